The lowest BCUT2D eigenvalue weighted by Crippen LogP contribution is -2.27. The predicted molar refractivity (Wildman–Crippen MR) is 108 cm³/mol. The van der Waals surface area contributed by atoms with Gasteiger partial charge in [0.1, 0.15) is 0 Å². The maximum atomic E-state index is 12.4. The molecule has 3 N–H and O–H groups in total. The normalized spacial score (nSPS) is 10.4. The zero-order valence-electron chi connectivity index (χ0n) is 16.3. The van der Waals surface area contributed by atoms with Crippen molar-refractivity contribution in [1.82, 2.24) is 15.2 Å². The summed E-state index contributed by atoms with van der Waals surface area (Å²) in [6, 6.07) is 8.24. The number of aromatic nitrogens is 1. The van der Waals surface area contributed by atoms with Crippen molar-refractivity contribution < 1.29 is 14.4 Å². The van der Waals surface area contributed by atoms with Crippen LogP contribution in [-0.2, 0) is 4.79 Å². The van der Waals surface area contributed by atoms with E-state index >= 15 is 0 Å². The van der Waals surface area contributed by atoms with Gasteiger partial charge in [-0.15, -0.1) is 0 Å². The van der Waals surface area contributed by atoms with Gasteiger partial charge in [0.25, 0.3) is 11.8 Å². The first-order valence-corrected chi connectivity index (χ1v) is 8.92. The average molecular weight is 383 g/mol. The fourth-order valence-electron chi connectivity index (χ4n) is 2.43. The first-order valence-electron chi connectivity index (χ1n) is 8.92. The smallest absolute Gasteiger partial charge is 0.257 e. The maximum absolute atomic E-state index is 12.4. The lowest BCUT2D eigenvalue weighted by Gasteiger charge is -2.10. The van der Waals surface area contributed by atoms with E-state index in [1.54, 1.807) is 24.3 Å². The van der Waals surface area contributed by atoms with Gasteiger partial charge in [0.15, 0.2) is 0 Å². The lowest BCUT2D eigenvalue weighted by atomic mass is 10.1. The number of carbonyl (C=O) groups excluding carboxylic acids is 3. The Bertz CT molecular complexity index is 834. The molecule has 0 aliphatic rings. The van der Waals surface area contributed by atoms with E-state index in [2.05, 4.69) is 20.9 Å². The maximum Gasteiger partial charge on any atom is 0.257 e. The van der Waals surface area contributed by atoms with E-state index in [0.717, 1.165) is 13.0 Å². The zero-order valence-corrected chi connectivity index (χ0v) is 16.3. The van der Waals surface area contributed by atoms with Crippen LogP contribution in [-0.4, -0.2) is 54.8 Å². The van der Waals surface area contributed by atoms with Gasteiger partial charge in [0.2, 0.25) is 5.91 Å². The van der Waals surface area contributed by atoms with Crippen LogP contribution in [0, 0.1) is 0 Å². The Morgan fingerprint density at radius 2 is 1.50 bits per heavy atom. The summed E-state index contributed by atoms with van der Waals surface area (Å²) in [5.74, 6) is -0.803. The highest BCUT2D eigenvalue weighted by atomic mass is 16.2. The second-order valence-corrected chi connectivity index (χ2v) is 6.59. The number of nitrogens with one attached hydrogen (secondary N) is 3. The van der Waals surface area contributed by atoms with Gasteiger partial charge in [-0.05, 0) is 57.4 Å². The van der Waals surface area contributed by atoms with E-state index < -0.39 is 0 Å². The molecule has 0 radical (unpaired) electrons. The van der Waals surface area contributed by atoms with Gasteiger partial charge >= 0.3 is 0 Å². The molecule has 3 amide bonds. The largest absolute Gasteiger partial charge is 0.352 e. The molecular formula is C20H25N5O3. The van der Waals surface area contributed by atoms with Gasteiger partial charge in [-0.2, -0.15) is 0 Å². The highest BCUT2D eigenvalue weighted by Gasteiger charge is 2.11. The molecule has 148 valence electrons. The third kappa shape index (κ3) is 6.81. The SMILES string of the molecule is CC(=O)Nc1ccc(NC(=O)c2cncc(C(=O)NCCCN(C)C)c2)cc1. The fraction of sp³-hybridized carbons (Fsp3) is 0.300. The number of hydrogen-bond acceptors (Lipinski definition) is 5. The van der Waals surface area contributed by atoms with Crippen molar-refractivity contribution in [2.24, 2.45) is 0 Å². The van der Waals surface area contributed by atoms with E-state index in [1.165, 1.54) is 25.4 Å². The monoisotopic (exact) mass is 383 g/mol. The molecule has 0 fully saturated rings. The molecule has 8 heteroatoms. The number of pyridine rings is 1. The van der Waals surface area contributed by atoms with Crippen LogP contribution < -0.4 is 16.0 Å². The zero-order chi connectivity index (χ0) is 20.5. The summed E-state index contributed by atoms with van der Waals surface area (Å²) in [4.78, 5) is 41.7. The Kier molecular flexibility index (Phi) is 7.65. The number of benzene rings is 1. The standard InChI is InChI=1S/C20H25N5O3/c1-14(26)23-17-5-7-18(8-6-17)24-20(28)16-11-15(12-21-13-16)19(27)22-9-4-10-25(2)3/h5-8,11-13H,4,9-10H2,1-3H3,(H,22,27)(H,23,26)(H,24,28). The van der Waals surface area contributed by atoms with Crippen LogP contribution >= 0.6 is 0 Å². The molecule has 0 saturated heterocycles. The third-order valence-electron chi connectivity index (χ3n) is 3.79. The Balaban J connectivity index is 1.95. The van der Waals surface area contributed by atoms with Gasteiger partial charge < -0.3 is 20.9 Å². The van der Waals surface area contributed by atoms with Gasteiger partial charge in [0, 0.05) is 37.2 Å². The summed E-state index contributed by atoms with van der Waals surface area (Å²) >= 11 is 0. The van der Waals surface area contributed by atoms with Crippen LogP contribution in [0.15, 0.2) is 42.7 Å². The van der Waals surface area contributed by atoms with E-state index in [-0.39, 0.29) is 23.3 Å². The van der Waals surface area contributed by atoms with Crippen molar-refractivity contribution in [3.05, 3.63) is 53.9 Å². The molecule has 0 aliphatic heterocycles. The summed E-state index contributed by atoms with van der Waals surface area (Å²) in [5, 5.41) is 8.22. The molecule has 0 bridgehead atoms. The van der Waals surface area contributed by atoms with Gasteiger partial charge in [-0.25, -0.2) is 0 Å². The highest BCUT2D eigenvalue weighted by Crippen LogP contribution is 2.15. The Morgan fingerprint density at radius 3 is 2.07 bits per heavy atom. The molecule has 2 rings (SSSR count). The van der Waals surface area contributed by atoms with Crippen molar-refractivity contribution >= 4 is 29.1 Å². The molecule has 1 aromatic heterocycles. The summed E-state index contributed by atoms with van der Waals surface area (Å²) in [7, 11) is 3.95. The molecule has 1 aromatic carbocycles. The number of anilines is 2. The first kappa shape index (κ1) is 21.0. The van der Waals surface area contributed by atoms with Crippen LogP contribution in [0.4, 0.5) is 11.4 Å². The molecule has 28 heavy (non-hydrogen) atoms. The molecule has 0 saturated carbocycles. The number of amides is 3. The second-order valence-electron chi connectivity index (χ2n) is 6.59. The van der Waals surface area contributed by atoms with Crippen LogP contribution in [0.5, 0.6) is 0 Å². The molecule has 2 aromatic rings. The summed E-state index contributed by atoms with van der Waals surface area (Å²) in [5.41, 5.74) is 1.82. The van der Waals surface area contributed by atoms with Crippen LogP contribution in [0.3, 0.4) is 0 Å². The number of nitrogens with zero attached hydrogens (tertiary/aromatic N) is 2. The molecule has 0 unspecified atom stereocenters. The number of rotatable bonds is 8. The Hall–Kier alpha value is -3.26. The van der Waals surface area contributed by atoms with Crippen molar-refractivity contribution in [2.75, 3.05) is 37.8 Å². The third-order valence-corrected chi connectivity index (χ3v) is 3.79. The second kappa shape index (κ2) is 10.2. The molecule has 0 atom stereocenters. The summed E-state index contributed by atoms with van der Waals surface area (Å²) in [6.45, 7) is 2.85. The van der Waals surface area contributed by atoms with Gasteiger partial charge in [-0.1, -0.05) is 0 Å². The minimum absolute atomic E-state index is 0.167. The predicted octanol–water partition coefficient (Wildman–Crippen LogP) is 1.97. The quantitative estimate of drug-likeness (QED) is 0.605. The van der Waals surface area contributed by atoms with E-state index in [1.807, 2.05) is 19.0 Å². The van der Waals surface area contributed by atoms with Crippen LogP contribution in [0.2, 0.25) is 0 Å². The van der Waals surface area contributed by atoms with Gasteiger partial charge in [-0.3, -0.25) is 19.4 Å². The van der Waals surface area contributed by atoms with Crippen LogP contribution in [0.1, 0.15) is 34.1 Å². The van der Waals surface area contributed by atoms with E-state index in [9.17, 15) is 14.4 Å². The van der Waals surface area contributed by atoms with Crippen molar-refractivity contribution in [2.45, 2.75) is 13.3 Å². The number of hydrogen-bond donors (Lipinski definition) is 3. The molecule has 0 aliphatic carbocycles. The summed E-state index contributed by atoms with van der Waals surface area (Å²) < 4.78 is 0. The molecular weight excluding hydrogens is 358 g/mol. The topological polar surface area (TPSA) is 103 Å². The Morgan fingerprint density at radius 1 is 0.929 bits per heavy atom. The van der Waals surface area contributed by atoms with Gasteiger partial charge in [0.05, 0.1) is 11.1 Å². The van der Waals surface area contributed by atoms with Crippen molar-refractivity contribution in [1.29, 1.82) is 0 Å². The van der Waals surface area contributed by atoms with E-state index in [4.69, 9.17) is 0 Å². The van der Waals surface area contributed by atoms with Crippen molar-refractivity contribution in [3.8, 4) is 0 Å². The Labute approximate surface area is 164 Å². The molecule has 0 spiro atoms. The summed E-state index contributed by atoms with van der Waals surface area (Å²) in [6.07, 6.45) is 3.67. The fourth-order valence-corrected chi connectivity index (χ4v) is 2.43. The minimum Gasteiger partial charge on any atom is -0.352 e. The average Bonchev–Trinajstić information content (AvgIpc) is 2.66. The lowest BCUT2D eigenvalue weighted by molar-refractivity contribution is -0.114. The first-order chi connectivity index (χ1) is 13.3. The molecule has 1 heterocycles. The molecule has 8 nitrogen and oxygen atoms in total. The highest BCUT2D eigenvalue weighted by molar-refractivity contribution is 6.06. The van der Waals surface area contributed by atoms with E-state index in [0.29, 0.717) is 23.5 Å². The minimum atomic E-state index is -0.373. The number of carbonyl (C=O) groups is 3. The van der Waals surface area contributed by atoms with Crippen LogP contribution in [0.25, 0.3) is 0 Å². The van der Waals surface area contributed by atoms with Crippen molar-refractivity contribution in [3.63, 3.8) is 0 Å².